The molecule has 0 bridgehead atoms. The Balaban J connectivity index is 3.66. The summed E-state index contributed by atoms with van der Waals surface area (Å²) in [5.41, 5.74) is 0. The molecule has 0 atom stereocenters. The van der Waals surface area contributed by atoms with E-state index in [4.69, 9.17) is 5.11 Å². The van der Waals surface area contributed by atoms with Gasteiger partial charge in [0.05, 0.1) is 6.61 Å². The smallest absolute Gasteiger partial charge is 0.220 e. The van der Waals surface area contributed by atoms with Gasteiger partial charge in [-0.25, -0.2) is 0 Å². The number of allylic oxidation sites excluding steroid dienone is 2. The molecule has 0 rings (SSSR count). The van der Waals surface area contributed by atoms with Crippen molar-refractivity contribution in [3.05, 3.63) is 12.2 Å². The third-order valence-electron chi connectivity index (χ3n) is 4.25. The number of carbonyl (C=O) groups excluding carboxylic acids is 1. The topological polar surface area (TPSA) is 52.6 Å². The van der Waals surface area contributed by atoms with Gasteiger partial charge in [-0.2, -0.15) is 0 Å². The quantitative estimate of drug-likeness (QED) is 0.312. The lowest BCUT2D eigenvalue weighted by molar-refractivity contribution is -0.121. The highest BCUT2D eigenvalue weighted by Gasteiger charge is 2.05. The Kier molecular flexibility index (Phi) is 17.8. The first kappa shape index (κ1) is 23.1. The van der Waals surface area contributed by atoms with Crippen LogP contribution >= 0.6 is 0 Å². The van der Waals surface area contributed by atoms with Gasteiger partial charge in [-0.3, -0.25) is 9.69 Å². The Morgan fingerprint density at radius 2 is 1.75 bits per heavy atom. The number of hydrogen-bond donors (Lipinski definition) is 2. The van der Waals surface area contributed by atoms with Crippen LogP contribution in [0.4, 0.5) is 0 Å². The maximum Gasteiger partial charge on any atom is 0.220 e. The molecule has 0 fully saturated rings. The largest absolute Gasteiger partial charge is 0.395 e. The molecule has 0 aromatic rings. The van der Waals surface area contributed by atoms with E-state index in [1.165, 1.54) is 32.1 Å². The molecule has 0 spiro atoms. The Morgan fingerprint density at radius 1 is 1.00 bits per heavy atom. The predicted octanol–water partition coefficient (Wildman–Crippen LogP) is 3.89. The minimum Gasteiger partial charge on any atom is -0.395 e. The molecule has 0 aliphatic rings. The number of carbonyl (C=O) groups is 1. The number of unbranched alkanes of at least 4 members (excludes halogenated alkanes) is 7. The molecule has 142 valence electrons. The normalized spacial score (nSPS) is 11.5. The van der Waals surface area contributed by atoms with Crippen LogP contribution in [-0.2, 0) is 4.79 Å². The average molecular weight is 341 g/mol. The second-order valence-corrected chi connectivity index (χ2v) is 6.50. The number of hydrogen-bond acceptors (Lipinski definition) is 3. The summed E-state index contributed by atoms with van der Waals surface area (Å²) in [6.45, 7) is 7.66. The van der Waals surface area contributed by atoms with Gasteiger partial charge in [0.1, 0.15) is 0 Å². The molecule has 0 saturated carbocycles. The van der Waals surface area contributed by atoms with Crippen LogP contribution in [0.1, 0.15) is 78.1 Å². The summed E-state index contributed by atoms with van der Waals surface area (Å²) in [6.07, 6.45) is 15.6. The van der Waals surface area contributed by atoms with Crippen molar-refractivity contribution in [2.45, 2.75) is 78.1 Å². The van der Waals surface area contributed by atoms with E-state index in [1.54, 1.807) is 0 Å². The van der Waals surface area contributed by atoms with Gasteiger partial charge in [0, 0.05) is 26.1 Å². The number of aliphatic hydroxyl groups excluding tert-OH is 1. The first-order valence-electron chi connectivity index (χ1n) is 9.95. The summed E-state index contributed by atoms with van der Waals surface area (Å²) in [4.78, 5) is 14.0. The van der Waals surface area contributed by atoms with Crippen LogP contribution in [0.25, 0.3) is 0 Å². The minimum absolute atomic E-state index is 0.168. The maximum absolute atomic E-state index is 11.8. The van der Waals surface area contributed by atoms with Crippen molar-refractivity contribution in [1.29, 1.82) is 0 Å². The second-order valence-electron chi connectivity index (χ2n) is 6.50. The van der Waals surface area contributed by atoms with Crippen LogP contribution in [0.2, 0.25) is 0 Å². The fraction of sp³-hybridized carbons (Fsp3) is 0.850. The van der Waals surface area contributed by atoms with E-state index in [-0.39, 0.29) is 12.5 Å². The van der Waals surface area contributed by atoms with Crippen molar-refractivity contribution in [2.24, 2.45) is 0 Å². The lowest BCUT2D eigenvalue weighted by Crippen LogP contribution is -2.36. The van der Waals surface area contributed by atoms with E-state index >= 15 is 0 Å². The highest BCUT2D eigenvalue weighted by atomic mass is 16.3. The van der Waals surface area contributed by atoms with Crippen LogP contribution in [0.5, 0.6) is 0 Å². The first-order chi connectivity index (χ1) is 11.7. The Labute approximate surface area is 149 Å². The predicted molar refractivity (Wildman–Crippen MR) is 103 cm³/mol. The number of rotatable bonds is 17. The molecule has 4 nitrogen and oxygen atoms in total. The highest BCUT2D eigenvalue weighted by Crippen LogP contribution is 2.05. The van der Waals surface area contributed by atoms with Crippen LogP contribution in [-0.4, -0.2) is 48.7 Å². The third-order valence-corrected chi connectivity index (χ3v) is 4.25. The summed E-state index contributed by atoms with van der Waals surface area (Å²) in [7, 11) is 0. The molecule has 0 unspecified atom stereocenters. The van der Waals surface area contributed by atoms with Crippen molar-refractivity contribution in [1.82, 2.24) is 10.2 Å². The van der Waals surface area contributed by atoms with Crippen molar-refractivity contribution in [3.63, 3.8) is 0 Å². The van der Waals surface area contributed by atoms with Gasteiger partial charge in [0.25, 0.3) is 0 Å². The lowest BCUT2D eigenvalue weighted by atomic mass is 10.1. The van der Waals surface area contributed by atoms with Crippen LogP contribution in [0.3, 0.4) is 0 Å². The number of nitrogens with zero attached hydrogens (tertiary/aromatic N) is 1. The number of amides is 1. The first-order valence-corrected chi connectivity index (χ1v) is 9.95. The van der Waals surface area contributed by atoms with Gasteiger partial charge in [0.2, 0.25) is 5.91 Å². The summed E-state index contributed by atoms with van der Waals surface area (Å²) in [5.74, 6) is 0.168. The number of aliphatic hydroxyl groups is 1. The molecule has 1 amide bonds. The molecule has 0 aromatic heterocycles. The molecule has 0 aromatic carbocycles. The fourth-order valence-corrected chi connectivity index (χ4v) is 2.75. The molecule has 0 heterocycles. The lowest BCUT2D eigenvalue weighted by Gasteiger charge is -2.21. The summed E-state index contributed by atoms with van der Waals surface area (Å²) >= 11 is 0. The van der Waals surface area contributed by atoms with Gasteiger partial charge < -0.3 is 10.4 Å². The van der Waals surface area contributed by atoms with Crippen molar-refractivity contribution >= 4 is 5.91 Å². The summed E-state index contributed by atoms with van der Waals surface area (Å²) in [6, 6.07) is 0. The zero-order valence-electron chi connectivity index (χ0n) is 16.1. The van der Waals surface area contributed by atoms with Gasteiger partial charge in [-0.1, -0.05) is 51.2 Å². The SMILES string of the molecule is C/C=C/CCCCCN(CCO)CCNC(=O)CCCCCCC. The standard InChI is InChI=1S/C20H40N2O2/c1-3-5-7-9-11-13-16-22(18-19-23)17-15-21-20(24)14-12-10-8-6-4-2/h3,5,23H,4,6-19H2,1-2H3,(H,21,24)/b5-3+. The molecule has 0 aliphatic carbocycles. The van der Waals surface area contributed by atoms with E-state index < -0.39 is 0 Å². The molecular formula is C20H40N2O2. The monoisotopic (exact) mass is 340 g/mol. The van der Waals surface area contributed by atoms with Crippen molar-refractivity contribution in [2.75, 3.05) is 32.8 Å². The van der Waals surface area contributed by atoms with Crippen molar-refractivity contribution in [3.8, 4) is 0 Å². The summed E-state index contributed by atoms with van der Waals surface area (Å²) < 4.78 is 0. The maximum atomic E-state index is 11.8. The van der Waals surface area contributed by atoms with E-state index in [9.17, 15) is 4.79 Å². The molecule has 2 N–H and O–H groups in total. The molecule has 0 aliphatic heterocycles. The minimum atomic E-state index is 0.168. The average Bonchev–Trinajstić information content (AvgIpc) is 2.57. The van der Waals surface area contributed by atoms with Crippen LogP contribution in [0, 0.1) is 0 Å². The molecule has 0 radical (unpaired) electrons. The molecule has 24 heavy (non-hydrogen) atoms. The Bertz CT molecular complexity index is 306. The highest BCUT2D eigenvalue weighted by molar-refractivity contribution is 5.75. The van der Waals surface area contributed by atoms with Crippen LogP contribution in [0.15, 0.2) is 12.2 Å². The van der Waals surface area contributed by atoms with E-state index in [2.05, 4.69) is 36.2 Å². The Morgan fingerprint density at radius 3 is 2.46 bits per heavy atom. The Hall–Kier alpha value is -0.870. The van der Waals surface area contributed by atoms with Gasteiger partial charge >= 0.3 is 0 Å². The van der Waals surface area contributed by atoms with E-state index in [1.807, 2.05) is 0 Å². The number of nitrogens with one attached hydrogen (secondary N) is 1. The summed E-state index contributed by atoms with van der Waals surface area (Å²) in [5, 5.41) is 12.2. The molecular weight excluding hydrogens is 300 g/mol. The van der Waals surface area contributed by atoms with Gasteiger partial charge in [0.15, 0.2) is 0 Å². The zero-order chi connectivity index (χ0) is 17.9. The zero-order valence-corrected chi connectivity index (χ0v) is 16.1. The van der Waals surface area contributed by atoms with E-state index in [0.717, 1.165) is 38.8 Å². The van der Waals surface area contributed by atoms with Gasteiger partial charge in [-0.15, -0.1) is 0 Å². The van der Waals surface area contributed by atoms with Gasteiger partial charge in [-0.05, 0) is 39.2 Å². The van der Waals surface area contributed by atoms with Crippen molar-refractivity contribution < 1.29 is 9.90 Å². The van der Waals surface area contributed by atoms with E-state index in [0.29, 0.717) is 19.5 Å². The second kappa shape index (κ2) is 18.5. The molecule has 4 heteroatoms. The third kappa shape index (κ3) is 16.0. The van der Waals surface area contributed by atoms with Crippen LogP contribution < -0.4 is 5.32 Å². The molecule has 0 saturated heterocycles. The fourth-order valence-electron chi connectivity index (χ4n) is 2.75.